The second-order valence-electron chi connectivity index (χ2n) is 4.23. The van der Waals surface area contributed by atoms with Crippen LogP contribution in [-0.4, -0.2) is 28.9 Å². The van der Waals surface area contributed by atoms with Gasteiger partial charge < -0.3 is 4.42 Å². The van der Waals surface area contributed by atoms with Crippen LogP contribution in [0.2, 0.25) is 0 Å². The normalized spacial score (nSPS) is 22.0. The number of hydrogen-bond acceptors (Lipinski definition) is 4. The summed E-state index contributed by atoms with van der Waals surface area (Å²) in [6, 6.07) is 1.47. The third-order valence-corrected chi connectivity index (χ3v) is 3.05. The first-order chi connectivity index (χ1) is 8.03. The van der Waals surface area contributed by atoms with Gasteiger partial charge in [0, 0.05) is 25.9 Å². The summed E-state index contributed by atoms with van der Waals surface area (Å²) >= 11 is 0. The van der Waals surface area contributed by atoms with Crippen LogP contribution in [0.15, 0.2) is 10.8 Å². The molecule has 0 aliphatic carbocycles. The van der Waals surface area contributed by atoms with Crippen LogP contribution >= 0.6 is 0 Å². The highest BCUT2D eigenvalue weighted by Crippen LogP contribution is 2.32. The molecular weight excluding hydrogens is 228 g/mol. The highest BCUT2D eigenvalue weighted by molar-refractivity contribution is 5.17. The number of piperidine rings is 1. The number of hydrogen-bond donors (Lipinski definition) is 0. The van der Waals surface area contributed by atoms with Crippen LogP contribution in [0.25, 0.3) is 0 Å². The van der Waals surface area contributed by atoms with Crippen molar-refractivity contribution in [1.82, 2.24) is 9.88 Å². The number of nitriles is 1. The second kappa shape index (κ2) is 4.41. The third-order valence-electron chi connectivity index (χ3n) is 3.05. The molecular formula is C11H13F2N3O. The first-order valence-electron chi connectivity index (χ1n) is 5.45. The minimum absolute atomic E-state index is 0.200. The molecule has 0 spiro atoms. The summed E-state index contributed by atoms with van der Waals surface area (Å²) in [5.74, 6) is -2.15. The Morgan fingerprint density at radius 2 is 2.18 bits per heavy atom. The van der Waals surface area contributed by atoms with E-state index in [0.717, 1.165) is 0 Å². The third kappa shape index (κ3) is 2.44. The van der Waals surface area contributed by atoms with Gasteiger partial charge in [0.25, 0.3) is 5.92 Å². The molecule has 0 bridgehead atoms. The minimum atomic E-state index is -2.60. The van der Waals surface area contributed by atoms with Gasteiger partial charge in [0.15, 0.2) is 18.2 Å². The van der Waals surface area contributed by atoms with Gasteiger partial charge in [0.2, 0.25) is 0 Å². The van der Waals surface area contributed by atoms with E-state index in [4.69, 9.17) is 9.68 Å². The molecule has 1 fully saturated rings. The van der Waals surface area contributed by atoms with Gasteiger partial charge in [-0.25, -0.2) is 13.8 Å². The lowest BCUT2D eigenvalue weighted by Crippen LogP contribution is -2.41. The molecule has 4 nitrogen and oxygen atoms in total. The van der Waals surface area contributed by atoms with Crippen LogP contribution in [0, 0.1) is 18.3 Å². The van der Waals surface area contributed by atoms with Gasteiger partial charge in [-0.05, 0) is 6.92 Å². The number of aryl methyl sites for hydroxylation is 1. The van der Waals surface area contributed by atoms with Crippen molar-refractivity contribution in [3.05, 3.63) is 17.8 Å². The number of nitrogens with zero attached hydrogens (tertiary/aromatic N) is 3. The number of rotatable bonds is 2. The molecule has 1 saturated heterocycles. The molecule has 1 aromatic heterocycles. The molecule has 2 heterocycles. The van der Waals surface area contributed by atoms with Crippen molar-refractivity contribution < 1.29 is 13.2 Å². The molecule has 1 aromatic rings. The summed E-state index contributed by atoms with van der Waals surface area (Å²) < 4.78 is 31.2. The topological polar surface area (TPSA) is 53.1 Å². The predicted octanol–water partition coefficient (Wildman–Crippen LogP) is 2.28. The number of alkyl halides is 2. The van der Waals surface area contributed by atoms with Crippen molar-refractivity contribution in [2.24, 2.45) is 0 Å². The zero-order valence-electron chi connectivity index (χ0n) is 9.49. The van der Waals surface area contributed by atoms with Crippen molar-refractivity contribution >= 4 is 0 Å². The molecule has 2 rings (SSSR count). The Morgan fingerprint density at radius 3 is 2.65 bits per heavy atom. The number of aromatic nitrogens is 1. The number of oxazole rings is 1. The van der Waals surface area contributed by atoms with Crippen LogP contribution in [0.1, 0.15) is 30.3 Å². The predicted molar refractivity (Wildman–Crippen MR) is 55.3 cm³/mol. The van der Waals surface area contributed by atoms with E-state index >= 15 is 0 Å². The van der Waals surface area contributed by atoms with E-state index in [2.05, 4.69) is 11.1 Å². The van der Waals surface area contributed by atoms with E-state index in [-0.39, 0.29) is 25.9 Å². The maximum absolute atomic E-state index is 13.0. The molecule has 1 atom stereocenters. The van der Waals surface area contributed by atoms with E-state index < -0.39 is 12.0 Å². The fraction of sp³-hybridized carbons (Fsp3) is 0.636. The molecule has 1 aliphatic rings. The van der Waals surface area contributed by atoms with Gasteiger partial charge in [-0.1, -0.05) is 0 Å². The van der Waals surface area contributed by atoms with E-state index in [1.54, 1.807) is 11.8 Å². The Balaban J connectivity index is 2.12. The number of halogens is 2. The Hall–Kier alpha value is -1.48. The van der Waals surface area contributed by atoms with Gasteiger partial charge in [0.1, 0.15) is 0 Å². The number of likely N-dealkylation sites (tertiary alicyclic amines) is 1. The Bertz CT molecular complexity index is 428. The van der Waals surface area contributed by atoms with Crippen LogP contribution in [0.4, 0.5) is 8.78 Å². The SMILES string of the molecule is Cc1ncoc1C(C#N)N1CCC(F)(F)CC1. The van der Waals surface area contributed by atoms with E-state index in [0.29, 0.717) is 11.5 Å². The molecule has 17 heavy (non-hydrogen) atoms. The molecule has 0 radical (unpaired) electrons. The first-order valence-corrected chi connectivity index (χ1v) is 5.45. The van der Waals surface area contributed by atoms with E-state index in [1.807, 2.05) is 0 Å². The maximum atomic E-state index is 13.0. The fourth-order valence-corrected chi connectivity index (χ4v) is 1.99. The largest absolute Gasteiger partial charge is 0.445 e. The monoisotopic (exact) mass is 241 g/mol. The first kappa shape index (κ1) is 12.0. The molecule has 0 saturated carbocycles. The summed E-state index contributed by atoms with van der Waals surface area (Å²) in [5.41, 5.74) is 0.633. The maximum Gasteiger partial charge on any atom is 0.250 e. The Kier molecular flexibility index (Phi) is 3.11. The van der Waals surface area contributed by atoms with Crippen LogP contribution in [0.5, 0.6) is 0 Å². The average Bonchev–Trinajstić information content (AvgIpc) is 2.69. The van der Waals surface area contributed by atoms with Crippen molar-refractivity contribution in [3.8, 4) is 6.07 Å². The molecule has 1 unspecified atom stereocenters. The lowest BCUT2D eigenvalue weighted by Gasteiger charge is -2.33. The van der Waals surface area contributed by atoms with E-state index in [1.165, 1.54) is 6.39 Å². The summed E-state index contributed by atoms with van der Waals surface area (Å²) in [6.07, 6.45) is 0.851. The van der Waals surface area contributed by atoms with Crippen molar-refractivity contribution in [1.29, 1.82) is 5.26 Å². The zero-order valence-corrected chi connectivity index (χ0v) is 9.49. The molecule has 1 aliphatic heterocycles. The summed E-state index contributed by atoms with van der Waals surface area (Å²) in [7, 11) is 0. The minimum Gasteiger partial charge on any atom is -0.445 e. The van der Waals surface area contributed by atoms with Gasteiger partial charge in [-0.3, -0.25) is 4.90 Å². The molecule has 92 valence electrons. The van der Waals surface area contributed by atoms with Crippen LogP contribution in [0.3, 0.4) is 0 Å². The summed E-state index contributed by atoms with van der Waals surface area (Å²) in [5, 5.41) is 9.14. The molecule has 0 amide bonds. The Labute approximate surface area is 97.8 Å². The van der Waals surface area contributed by atoms with Gasteiger partial charge in [-0.15, -0.1) is 0 Å². The molecule has 0 aromatic carbocycles. The zero-order chi connectivity index (χ0) is 12.5. The quantitative estimate of drug-likeness (QED) is 0.797. The lowest BCUT2D eigenvalue weighted by atomic mass is 10.0. The molecule has 6 heteroatoms. The van der Waals surface area contributed by atoms with Crippen LogP contribution in [-0.2, 0) is 0 Å². The standard InChI is InChI=1S/C11H13F2N3O/c1-8-10(17-7-15-8)9(6-14)16-4-2-11(12,13)3-5-16/h7,9H,2-5H2,1H3. The van der Waals surface area contributed by atoms with Crippen molar-refractivity contribution in [2.45, 2.75) is 31.7 Å². The Morgan fingerprint density at radius 1 is 1.53 bits per heavy atom. The highest BCUT2D eigenvalue weighted by atomic mass is 19.3. The smallest absolute Gasteiger partial charge is 0.250 e. The molecule has 0 N–H and O–H groups in total. The van der Waals surface area contributed by atoms with Gasteiger partial charge in [0.05, 0.1) is 11.8 Å². The van der Waals surface area contributed by atoms with Gasteiger partial charge in [-0.2, -0.15) is 5.26 Å². The lowest BCUT2D eigenvalue weighted by molar-refractivity contribution is -0.0606. The van der Waals surface area contributed by atoms with E-state index in [9.17, 15) is 8.78 Å². The van der Waals surface area contributed by atoms with Crippen LogP contribution < -0.4 is 0 Å². The fourth-order valence-electron chi connectivity index (χ4n) is 1.99. The average molecular weight is 241 g/mol. The summed E-state index contributed by atoms with van der Waals surface area (Å²) in [6.45, 7) is 2.14. The van der Waals surface area contributed by atoms with Crippen molar-refractivity contribution in [2.75, 3.05) is 13.1 Å². The van der Waals surface area contributed by atoms with Gasteiger partial charge >= 0.3 is 0 Å². The second-order valence-corrected chi connectivity index (χ2v) is 4.23. The highest BCUT2D eigenvalue weighted by Gasteiger charge is 2.37. The summed E-state index contributed by atoms with van der Waals surface area (Å²) in [4.78, 5) is 5.63. The van der Waals surface area contributed by atoms with Crippen molar-refractivity contribution in [3.63, 3.8) is 0 Å².